The smallest absolute Gasteiger partial charge is 0.273 e. The molecule has 0 saturated heterocycles. The van der Waals surface area contributed by atoms with Crippen molar-refractivity contribution in [2.45, 2.75) is 32.4 Å². The standard InChI is InChI=1S/C24H29N7O3/c1-24(2,33)16-7-5-6-8-17(16)26-22-20(21(25)32)29-30-23(28-22)27-18-11-15-13-31(3)10-9-14(15)12-19(18)34-4/h5-8,11-12,33H,9-10,13H2,1-4H3,(H2,25,32)(H2,26,27,28,30). The molecule has 1 amide bonds. The molecule has 10 nitrogen and oxygen atoms in total. The Morgan fingerprint density at radius 1 is 1.15 bits per heavy atom. The van der Waals surface area contributed by atoms with Crippen LogP contribution in [0.25, 0.3) is 0 Å². The Hall–Kier alpha value is -3.76. The van der Waals surface area contributed by atoms with Gasteiger partial charge in [0.05, 0.1) is 18.4 Å². The molecule has 4 rings (SSSR count). The minimum Gasteiger partial charge on any atom is -0.495 e. The van der Waals surface area contributed by atoms with E-state index in [-0.39, 0.29) is 17.5 Å². The van der Waals surface area contributed by atoms with Crippen molar-refractivity contribution in [2.75, 3.05) is 31.3 Å². The number of amides is 1. The number of nitrogens with one attached hydrogen (secondary N) is 2. The largest absolute Gasteiger partial charge is 0.495 e. The maximum absolute atomic E-state index is 12.0. The quantitative estimate of drug-likeness (QED) is 0.416. The number of aliphatic hydroxyl groups is 1. The number of methoxy groups -OCH3 is 1. The van der Waals surface area contributed by atoms with Crippen LogP contribution in [0.4, 0.5) is 23.1 Å². The molecule has 0 spiro atoms. The summed E-state index contributed by atoms with van der Waals surface area (Å²) in [7, 11) is 3.69. The second-order valence-corrected chi connectivity index (χ2v) is 8.86. The Balaban J connectivity index is 1.70. The highest BCUT2D eigenvalue weighted by Crippen LogP contribution is 2.34. The number of anilines is 4. The maximum atomic E-state index is 12.0. The van der Waals surface area contributed by atoms with Gasteiger partial charge in [-0.1, -0.05) is 18.2 Å². The fraction of sp³-hybridized carbons (Fsp3) is 0.333. The number of primary amides is 1. The number of hydrogen-bond acceptors (Lipinski definition) is 9. The minimum absolute atomic E-state index is 0.116. The number of hydrogen-bond donors (Lipinski definition) is 4. The van der Waals surface area contributed by atoms with Crippen molar-refractivity contribution in [3.8, 4) is 5.75 Å². The van der Waals surface area contributed by atoms with E-state index in [0.717, 1.165) is 19.5 Å². The molecule has 178 valence electrons. The van der Waals surface area contributed by atoms with Crippen LogP contribution < -0.4 is 21.1 Å². The number of carbonyl (C=O) groups excluding carboxylic acids is 1. The van der Waals surface area contributed by atoms with E-state index in [2.05, 4.69) is 37.8 Å². The van der Waals surface area contributed by atoms with Crippen LogP contribution in [0.15, 0.2) is 36.4 Å². The zero-order valence-corrected chi connectivity index (χ0v) is 19.7. The number of nitrogens with zero attached hydrogens (tertiary/aromatic N) is 4. The van der Waals surface area contributed by atoms with E-state index >= 15 is 0 Å². The molecular weight excluding hydrogens is 434 g/mol. The van der Waals surface area contributed by atoms with Gasteiger partial charge < -0.3 is 31.1 Å². The molecule has 0 radical (unpaired) electrons. The van der Waals surface area contributed by atoms with Crippen LogP contribution in [-0.4, -0.2) is 51.8 Å². The molecule has 1 aliphatic rings. The maximum Gasteiger partial charge on any atom is 0.273 e. The summed E-state index contributed by atoms with van der Waals surface area (Å²) in [5, 5.41) is 24.8. The summed E-state index contributed by atoms with van der Waals surface area (Å²) >= 11 is 0. The summed E-state index contributed by atoms with van der Waals surface area (Å²) in [6.07, 6.45) is 0.947. The van der Waals surface area contributed by atoms with Crippen molar-refractivity contribution >= 4 is 29.0 Å². The Morgan fingerprint density at radius 3 is 2.62 bits per heavy atom. The van der Waals surface area contributed by atoms with Gasteiger partial charge in [-0.2, -0.15) is 4.98 Å². The molecule has 2 heterocycles. The molecule has 10 heteroatoms. The average Bonchev–Trinajstić information content (AvgIpc) is 2.78. The van der Waals surface area contributed by atoms with Crippen molar-refractivity contribution < 1.29 is 14.6 Å². The van der Waals surface area contributed by atoms with E-state index in [1.165, 1.54) is 11.1 Å². The number of aromatic nitrogens is 3. The number of benzene rings is 2. The summed E-state index contributed by atoms with van der Waals surface area (Å²) in [5.41, 5.74) is 8.59. The SMILES string of the molecule is COc1cc2c(cc1Nc1nnc(C(N)=O)c(Nc3ccccc3C(C)(C)O)n1)CN(C)CC2. The van der Waals surface area contributed by atoms with Crippen LogP contribution in [0.5, 0.6) is 5.75 Å². The lowest BCUT2D eigenvalue weighted by Gasteiger charge is -2.26. The van der Waals surface area contributed by atoms with Gasteiger partial charge >= 0.3 is 0 Å². The third kappa shape index (κ3) is 4.92. The summed E-state index contributed by atoms with van der Waals surface area (Å²) in [4.78, 5) is 18.7. The Bertz CT molecular complexity index is 1220. The second kappa shape index (κ2) is 9.24. The number of ether oxygens (including phenoxy) is 1. The normalized spacial score (nSPS) is 13.8. The predicted octanol–water partition coefficient (Wildman–Crippen LogP) is 2.68. The monoisotopic (exact) mass is 463 g/mol. The van der Waals surface area contributed by atoms with Gasteiger partial charge in [-0.05, 0) is 56.6 Å². The van der Waals surface area contributed by atoms with E-state index < -0.39 is 11.5 Å². The molecule has 1 aromatic heterocycles. The Morgan fingerprint density at radius 2 is 1.91 bits per heavy atom. The molecule has 1 aliphatic heterocycles. The topological polar surface area (TPSA) is 139 Å². The summed E-state index contributed by atoms with van der Waals surface area (Å²) in [6, 6.07) is 11.2. The first kappa shape index (κ1) is 23.4. The van der Waals surface area contributed by atoms with Gasteiger partial charge in [0, 0.05) is 24.3 Å². The third-order valence-corrected chi connectivity index (χ3v) is 5.73. The van der Waals surface area contributed by atoms with E-state index in [9.17, 15) is 9.90 Å². The summed E-state index contributed by atoms with van der Waals surface area (Å²) < 4.78 is 5.58. The molecule has 3 aromatic rings. The van der Waals surface area contributed by atoms with Crippen molar-refractivity contribution in [1.29, 1.82) is 0 Å². The molecule has 0 saturated carbocycles. The molecule has 0 bridgehead atoms. The van der Waals surface area contributed by atoms with Gasteiger partial charge in [0.25, 0.3) is 5.91 Å². The van der Waals surface area contributed by atoms with Crippen LogP contribution >= 0.6 is 0 Å². The van der Waals surface area contributed by atoms with Crippen molar-refractivity contribution in [2.24, 2.45) is 5.73 Å². The van der Waals surface area contributed by atoms with E-state index in [4.69, 9.17) is 10.5 Å². The van der Waals surface area contributed by atoms with Crippen molar-refractivity contribution in [3.05, 3.63) is 58.8 Å². The highest BCUT2D eigenvalue weighted by atomic mass is 16.5. The lowest BCUT2D eigenvalue weighted by molar-refractivity contribution is 0.0793. The fourth-order valence-corrected chi connectivity index (χ4v) is 4.00. The summed E-state index contributed by atoms with van der Waals surface area (Å²) in [6.45, 7) is 5.17. The molecule has 0 fully saturated rings. The van der Waals surface area contributed by atoms with Crippen molar-refractivity contribution in [3.63, 3.8) is 0 Å². The van der Waals surface area contributed by atoms with Gasteiger partial charge in [-0.15, -0.1) is 10.2 Å². The van der Waals surface area contributed by atoms with Gasteiger partial charge in [-0.3, -0.25) is 4.79 Å². The van der Waals surface area contributed by atoms with Gasteiger partial charge in [-0.25, -0.2) is 0 Å². The molecule has 0 aliphatic carbocycles. The summed E-state index contributed by atoms with van der Waals surface area (Å²) in [5.74, 6) is 0.172. The highest BCUT2D eigenvalue weighted by Gasteiger charge is 2.23. The number of rotatable bonds is 7. The van der Waals surface area contributed by atoms with Crippen LogP contribution in [-0.2, 0) is 18.6 Å². The van der Waals surface area contributed by atoms with Gasteiger partial charge in [0.15, 0.2) is 11.5 Å². The number of likely N-dealkylation sites (N-methyl/N-ethyl adjacent to an activating group) is 1. The molecule has 34 heavy (non-hydrogen) atoms. The lowest BCUT2D eigenvalue weighted by atomic mass is 9.96. The zero-order valence-electron chi connectivity index (χ0n) is 19.7. The Kier molecular flexibility index (Phi) is 6.36. The van der Waals surface area contributed by atoms with Crippen LogP contribution in [0.3, 0.4) is 0 Å². The first-order valence-corrected chi connectivity index (χ1v) is 10.9. The van der Waals surface area contributed by atoms with Crippen LogP contribution in [0, 0.1) is 0 Å². The molecule has 0 unspecified atom stereocenters. The van der Waals surface area contributed by atoms with Gasteiger partial charge in [0.2, 0.25) is 5.95 Å². The highest BCUT2D eigenvalue weighted by molar-refractivity contribution is 5.96. The number of fused-ring (bicyclic) bond motifs is 1. The first-order chi connectivity index (χ1) is 16.2. The predicted molar refractivity (Wildman–Crippen MR) is 130 cm³/mol. The number of para-hydroxylation sites is 1. The minimum atomic E-state index is -1.12. The second-order valence-electron chi connectivity index (χ2n) is 8.86. The molecule has 5 N–H and O–H groups in total. The Labute approximate surface area is 198 Å². The molecular formula is C24H29N7O3. The van der Waals surface area contributed by atoms with Crippen LogP contribution in [0.1, 0.15) is 41.0 Å². The fourth-order valence-electron chi connectivity index (χ4n) is 4.00. The van der Waals surface area contributed by atoms with E-state index in [1.54, 1.807) is 33.1 Å². The van der Waals surface area contributed by atoms with E-state index in [1.807, 2.05) is 24.3 Å². The molecule has 0 atom stereocenters. The first-order valence-electron chi connectivity index (χ1n) is 10.9. The van der Waals surface area contributed by atoms with Crippen LogP contribution in [0.2, 0.25) is 0 Å². The number of nitrogens with two attached hydrogens (primary N) is 1. The average molecular weight is 464 g/mol. The molecule has 2 aromatic carbocycles. The zero-order chi connectivity index (χ0) is 24.5. The third-order valence-electron chi connectivity index (χ3n) is 5.73. The van der Waals surface area contributed by atoms with Gasteiger partial charge in [0.1, 0.15) is 5.75 Å². The van der Waals surface area contributed by atoms with Crippen molar-refractivity contribution in [1.82, 2.24) is 20.1 Å². The lowest BCUT2D eigenvalue weighted by Crippen LogP contribution is -2.26. The van der Waals surface area contributed by atoms with E-state index in [0.29, 0.717) is 22.7 Å². The number of carbonyl (C=O) groups is 1.